The van der Waals surface area contributed by atoms with Crippen molar-refractivity contribution < 1.29 is 37.3 Å². The van der Waals surface area contributed by atoms with Gasteiger partial charge in [0.2, 0.25) is 0 Å². The molecule has 1 heterocycles. The van der Waals surface area contributed by atoms with Crippen molar-refractivity contribution in [2.45, 2.75) is 38.4 Å². The van der Waals surface area contributed by atoms with E-state index >= 15 is 0 Å². The van der Waals surface area contributed by atoms with Crippen molar-refractivity contribution in [1.29, 1.82) is 0 Å². The van der Waals surface area contributed by atoms with Crippen molar-refractivity contribution in [2.24, 2.45) is 0 Å². The molecule has 3 aromatic carbocycles. The van der Waals surface area contributed by atoms with Crippen LogP contribution >= 0.6 is 0 Å². The smallest absolute Gasteiger partial charge is 0.416 e. The third-order valence-corrected chi connectivity index (χ3v) is 6.47. The highest BCUT2D eigenvalue weighted by Crippen LogP contribution is 2.43. The molecular weight excluding hydrogens is 511 g/mol. The molecule has 6 nitrogen and oxygen atoms in total. The number of rotatable bonds is 9. The number of methoxy groups -OCH3 is 1. The molecule has 1 saturated heterocycles. The number of alkyl halides is 3. The first-order valence-electron chi connectivity index (χ1n) is 12.5. The molecule has 4 rings (SSSR count). The summed E-state index contributed by atoms with van der Waals surface area (Å²) in [5, 5.41) is 11.3. The van der Waals surface area contributed by atoms with Gasteiger partial charge in [0.25, 0.3) is 11.7 Å². The van der Waals surface area contributed by atoms with Crippen LogP contribution in [0.15, 0.2) is 78.4 Å². The highest BCUT2D eigenvalue weighted by molar-refractivity contribution is 6.51. The van der Waals surface area contributed by atoms with Gasteiger partial charge in [-0.15, -0.1) is 0 Å². The minimum Gasteiger partial charge on any atom is -0.507 e. The van der Waals surface area contributed by atoms with Crippen molar-refractivity contribution in [2.75, 3.05) is 18.6 Å². The van der Waals surface area contributed by atoms with Crippen LogP contribution in [0.25, 0.3) is 5.76 Å². The lowest BCUT2D eigenvalue weighted by molar-refractivity contribution is -0.137. The molecule has 0 aromatic heterocycles. The Hall–Kier alpha value is -4.27. The second kappa shape index (κ2) is 11.6. The molecule has 204 valence electrons. The van der Waals surface area contributed by atoms with E-state index in [1.54, 1.807) is 48.5 Å². The number of benzene rings is 3. The van der Waals surface area contributed by atoms with Crippen LogP contribution in [0.2, 0.25) is 0 Å². The average Bonchev–Trinajstić information content (AvgIpc) is 3.20. The lowest BCUT2D eigenvalue weighted by Gasteiger charge is -2.26. The molecule has 0 spiro atoms. The minimum atomic E-state index is -4.65. The number of carbonyl (C=O) groups is 2. The van der Waals surface area contributed by atoms with E-state index < -0.39 is 35.2 Å². The first kappa shape index (κ1) is 27.8. The molecule has 1 N–H and O–H groups in total. The van der Waals surface area contributed by atoms with E-state index in [-0.39, 0.29) is 16.8 Å². The van der Waals surface area contributed by atoms with Crippen LogP contribution in [0.1, 0.15) is 48.9 Å². The predicted molar refractivity (Wildman–Crippen MR) is 141 cm³/mol. The molecule has 1 aliphatic rings. The molecule has 0 aliphatic carbocycles. The fourth-order valence-corrected chi connectivity index (χ4v) is 4.44. The Morgan fingerprint density at radius 1 is 0.949 bits per heavy atom. The number of Topliss-reactive ketones (excluding diaryl/α,β-unsaturated/α-hetero) is 1. The molecule has 0 radical (unpaired) electrons. The summed E-state index contributed by atoms with van der Waals surface area (Å²) in [7, 11) is 1.47. The standard InChI is InChI=1S/C30H28F3NO5/c1-3-4-5-17-39-24-15-11-20(12-16-24)27(35)25-26(19-9-13-23(38-2)14-10-19)34(29(37)28(25)36)22-8-6-7-21(18-22)30(31,32)33/h6-16,18,26,35H,3-5,17H2,1-2H3/b27-25+. The number of aliphatic hydroxyl groups excluding tert-OH is 1. The maximum absolute atomic E-state index is 13.5. The van der Waals surface area contributed by atoms with Crippen LogP contribution in [0.5, 0.6) is 11.5 Å². The average molecular weight is 540 g/mol. The van der Waals surface area contributed by atoms with Gasteiger partial charge in [0.05, 0.1) is 30.9 Å². The molecule has 1 amide bonds. The highest BCUT2D eigenvalue weighted by Gasteiger charge is 2.47. The number of halogens is 3. The number of nitrogens with zero attached hydrogens (tertiary/aromatic N) is 1. The Balaban J connectivity index is 1.79. The molecule has 3 aromatic rings. The number of hydrogen-bond donors (Lipinski definition) is 1. The van der Waals surface area contributed by atoms with E-state index in [0.717, 1.165) is 36.3 Å². The van der Waals surface area contributed by atoms with Gasteiger partial charge in [-0.1, -0.05) is 38.0 Å². The summed E-state index contributed by atoms with van der Waals surface area (Å²) in [5.74, 6) is -1.41. The fourth-order valence-electron chi connectivity index (χ4n) is 4.44. The van der Waals surface area contributed by atoms with Gasteiger partial charge < -0.3 is 14.6 Å². The zero-order valence-electron chi connectivity index (χ0n) is 21.5. The van der Waals surface area contributed by atoms with Gasteiger partial charge in [-0.2, -0.15) is 13.2 Å². The van der Waals surface area contributed by atoms with Crippen LogP contribution < -0.4 is 14.4 Å². The first-order chi connectivity index (χ1) is 18.7. The van der Waals surface area contributed by atoms with Gasteiger partial charge in [0.1, 0.15) is 17.3 Å². The number of hydrogen-bond acceptors (Lipinski definition) is 5. The number of aliphatic hydroxyl groups is 1. The zero-order valence-corrected chi connectivity index (χ0v) is 21.5. The number of unbranched alkanes of at least 4 members (excludes halogenated alkanes) is 2. The van der Waals surface area contributed by atoms with Gasteiger partial charge in [-0.25, -0.2) is 0 Å². The normalized spacial score (nSPS) is 16.9. The SMILES string of the molecule is CCCCCOc1ccc(/C(O)=C2\C(=O)C(=O)N(c3cccc(C(F)(F)F)c3)C2c2ccc(OC)cc2)cc1. The second-order valence-corrected chi connectivity index (χ2v) is 9.07. The predicted octanol–water partition coefficient (Wildman–Crippen LogP) is 6.91. The minimum absolute atomic E-state index is 0.123. The zero-order chi connectivity index (χ0) is 28.2. The third-order valence-electron chi connectivity index (χ3n) is 6.47. The highest BCUT2D eigenvalue weighted by atomic mass is 19.4. The van der Waals surface area contributed by atoms with Crippen LogP contribution in [0.3, 0.4) is 0 Å². The van der Waals surface area contributed by atoms with Gasteiger partial charge in [-0.05, 0) is 66.6 Å². The van der Waals surface area contributed by atoms with Gasteiger partial charge in [-0.3, -0.25) is 14.5 Å². The Morgan fingerprint density at radius 3 is 2.23 bits per heavy atom. The summed E-state index contributed by atoms with van der Waals surface area (Å²) < 4.78 is 51.3. The van der Waals surface area contributed by atoms with Crippen molar-refractivity contribution in [3.8, 4) is 11.5 Å². The summed E-state index contributed by atoms with van der Waals surface area (Å²) in [4.78, 5) is 27.5. The van der Waals surface area contributed by atoms with Crippen LogP contribution in [-0.2, 0) is 15.8 Å². The van der Waals surface area contributed by atoms with Gasteiger partial charge >= 0.3 is 6.18 Å². The second-order valence-electron chi connectivity index (χ2n) is 9.07. The fraction of sp³-hybridized carbons (Fsp3) is 0.267. The maximum Gasteiger partial charge on any atom is 0.416 e. The number of ketones is 1. The van der Waals surface area contributed by atoms with Crippen molar-refractivity contribution in [1.82, 2.24) is 0 Å². The first-order valence-corrected chi connectivity index (χ1v) is 12.5. The Labute approximate surface area is 224 Å². The number of ether oxygens (including phenoxy) is 2. The molecule has 1 unspecified atom stereocenters. The Kier molecular flexibility index (Phi) is 8.28. The summed E-state index contributed by atoms with van der Waals surface area (Å²) in [6, 6.07) is 15.8. The summed E-state index contributed by atoms with van der Waals surface area (Å²) in [6.45, 7) is 2.63. The molecule has 39 heavy (non-hydrogen) atoms. The van der Waals surface area contributed by atoms with E-state index in [4.69, 9.17) is 9.47 Å². The molecule has 1 aliphatic heterocycles. The summed E-state index contributed by atoms with van der Waals surface area (Å²) >= 11 is 0. The molecule has 0 bridgehead atoms. The van der Waals surface area contributed by atoms with E-state index in [9.17, 15) is 27.9 Å². The largest absolute Gasteiger partial charge is 0.507 e. The van der Waals surface area contributed by atoms with Crippen LogP contribution in [0.4, 0.5) is 18.9 Å². The molecule has 0 saturated carbocycles. The quantitative estimate of drug-likeness (QED) is 0.138. The van der Waals surface area contributed by atoms with E-state index in [1.165, 1.54) is 19.2 Å². The topological polar surface area (TPSA) is 76.1 Å². The summed E-state index contributed by atoms with van der Waals surface area (Å²) in [5.41, 5.74) is -0.659. The molecule has 1 atom stereocenters. The number of carbonyl (C=O) groups excluding carboxylic acids is 2. The van der Waals surface area contributed by atoms with Crippen molar-refractivity contribution >= 4 is 23.1 Å². The van der Waals surface area contributed by atoms with Crippen molar-refractivity contribution in [3.05, 3.63) is 95.1 Å². The van der Waals surface area contributed by atoms with Gasteiger partial charge in [0.15, 0.2) is 0 Å². The van der Waals surface area contributed by atoms with E-state index in [0.29, 0.717) is 23.7 Å². The maximum atomic E-state index is 13.5. The lowest BCUT2D eigenvalue weighted by atomic mass is 9.95. The Morgan fingerprint density at radius 2 is 1.62 bits per heavy atom. The van der Waals surface area contributed by atoms with E-state index in [1.807, 2.05) is 0 Å². The number of amides is 1. The van der Waals surface area contributed by atoms with Crippen molar-refractivity contribution in [3.63, 3.8) is 0 Å². The monoisotopic (exact) mass is 539 g/mol. The third kappa shape index (κ3) is 5.92. The Bertz CT molecular complexity index is 1360. The molecule has 9 heteroatoms. The van der Waals surface area contributed by atoms with Gasteiger partial charge in [0, 0.05) is 11.3 Å². The van der Waals surface area contributed by atoms with E-state index in [2.05, 4.69) is 6.92 Å². The van der Waals surface area contributed by atoms with Crippen LogP contribution in [-0.4, -0.2) is 30.5 Å². The molecule has 1 fully saturated rings. The summed E-state index contributed by atoms with van der Waals surface area (Å²) in [6.07, 6.45) is -1.65. The van der Waals surface area contributed by atoms with Crippen LogP contribution in [0, 0.1) is 0 Å². The lowest BCUT2D eigenvalue weighted by Crippen LogP contribution is -2.29. The number of anilines is 1. The molecular formula is C30H28F3NO5.